The predicted octanol–water partition coefficient (Wildman–Crippen LogP) is 2.89. The number of aromatic nitrogens is 1. The standard InChI is InChI=1S/C20H25N3O5/c1-20(2,3)23-19(25)14-9-7-8-13(22-14)18(24)21-12-10-15(26-4)17(28-6)16(11-12)27-5/h7-11H,1-6H3,(H,21,24)(H,23,25). The number of hydrogen-bond acceptors (Lipinski definition) is 6. The van der Waals surface area contributed by atoms with E-state index in [4.69, 9.17) is 14.2 Å². The molecule has 150 valence electrons. The number of benzene rings is 1. The van der Waals surface area contributed by atoms with Gasteiger partial charge in [-0.1, -0.05) is 6.07 Å². The largest absolute Gasteiger partial charge is 0.493 e. The van der Waals surface area contributed by atoms with Crippen LogP contribution in [0, 0.1) is 0 Å². The van der Waals surface area contributed by atoms with Gasteiger partial charge in [-0.15, -0.1) is 0 Å². The highest BCUT2D eigenvalue weighted by Crippen LogP contribution is 2.39. The lowest BCUT2D eigenvalue weighted by molar-refractivity contribution is 0.0914. The zero-order chi connectivity index (χ0) is 20.9. The number of carbonyl (C=O) groups is 2. The number of ether oxygens (including phenoxy) is 3. The second-order valence-electron chi connectivity index (χ2n) is 6.98. The van der Waals surface area contributed by atoms with Crippen LogP contribution in [0.2, 0.25) is 0 Å². The van der Waals surface area contributed by atoms with E-state index in [1.54, 1.807) is 24.3 Å². The average Bonchev–Trinajstić information content (AvgIpc) is 2.65. The van der Waals surface area contributed by atoms with Gasteiger partial charge in [0.25, 0.3) is 11.8 Å². The molecule has 1 heterocycles. The number of rotatable bonds is 6. The predicted molar refractivity (Wildman–Crippen MR) is 106 cm³/mol. The van der Waals surface area contributed by atoms with Crippen molar-refractivity contribution in [2.45, 2.75) is 26.3 Å². The zero-order valence-electron chi connectivity index (χ0n) is 16.9. The Balaban J connectivity index is 2.26. The topological polar surface area (TPSA) is 98.8 Å². The van der Waals surface area contributed by atoms with Crippen molar-refractivity contribution < 1.29 is 23.8 Å². The summed E-state index contributed by atoms with van der Waals surface area (Å²) >= 11 is 0. The van der Waals surface area contributed by atoms with Gasteiger partial charge < -0.3 is 24.8 Å². The molecule has 1 aromatic carbocycles. The van der Waals surface area contributed by atoms with Crippen molar-refractivity contribution in [2.24, 2.45) is 0 Å². The van der Waals surface area contributed by atoms with E-state index in [0.717, 1.165) is 0 Å². The minimum atomic E-state index is -0.473. The average molecular weight is 387 g/mol. The summed E-state index contributed by atoms with van der Waals surface area (Å²) in [5.41, 5.74) is 0.293. The molecule has 0 unspecified atom stereocenters. The summed E-state index contributed by atoms with van der Waals surface area (Å²) in [7, 11) is 4.47. The summed E-state index contributed by atoms with van der Waals surface area (Å²) < 4.78 is 15.8. The molecule has 0 spiro atoms. The third-order valence-corrected chi connectivity index (χ3v) is 3.63. The Morgan fingerprint density at radius 3 is 1.89 bits per heavy atom. The second-order valence-corrected chi connectivity index (χ2v) is 6.98. The highest BCUT2D eigenvalue weighted by atomic mass is 16.5. The molecule has 2 aromatic rings. The van der Waals surface area contributed by atoms with Gasteiger partial charge in [-0.05, 0) is 32.9 Å². The van der Waals surface area contributed by atoms with Gasteiger partial charge >= 0.3 is 0 Å². The van der Waals surface area contributed by atoms with Crippen LogP contribution in [0.3, 0.4) is 0 Å². The molecule has 0 fully saturated rings. The third kappa shape index (κ3) is 5.12. The van der Waals surface area contributed by atoms with E-state index in [-0.39, 0.29) is 17.3 Å². The second kappa shape index (κ2) is 8.60. The summed E-state index contributed by atoms with van der Waals surface area (Å²) in [6.07, 6.45) is 0. The van der Waals surface area contributed by atoms with E-state index in [2.05, 4.69) is 15.6 Å². The van der Waals surface area contributed by atoms with E-state index in [0.29, 0.717) is 22.9 Å². The van der Waals surface area contributed by atoms with Crippen LogP contribution in [0.15, 0.2) is 30.3 Å². The smallest absolute Gasteiger partial charge is 0.274 e. The number of nitrogens with one attached hydrogen (secondary N) is 2. The lowest BCUT2D eigenvalue weighted by Crippen LogP contribution is -2.41. The molecule has 0 saturated carbocycles. The lowest BCUT2D eigenvalue weighted by atomic mass is 10.1. The normalized spacial score (nSPS) is 10.8. The van der Waals surface area contributed by atoms with Gasteiger partial charge in [0.1, 0.15) is 11.4 Å². The summed E-state index contributed by atoms with van der Waals surface area (Å²) in [4.78, 5) is 29.0. The first-order valence-corrected chi connectivity index (χ1v) is 8.59. The van der Waals surface area contributed by atoms with Crippen molar-refractivity contribution in [2.75, 3.05) is 26.6 Å². The van der Waals surface area contributed by atoms with Crippen LogP contribution in [0.5, 0.6) is 17.2 Å². The van der Waals surface area contributed by atoms with Crippen molar-refractivity contribution in [3.8, 4) is 17.2 Å². The molecule has 0 aliphatic heterocycles. The van der Waals surface area contributed by atoms with Crippen LogP contribution in [0.25, 0.3) is 0 Å². The molecule has 0 radical (unpaired) electrons. The monoisotopic (exact) mass is 387 g/mol. The number of hydrogen-bond donors (Lipinski definition) is 2. The van der Waals surface area contributed by atoms with Crippen LogP contribution < -0.4 is 24.8 Å². The maximum atomic E-state index is 12.6. The molecule has 0 aliphatic carbocycles. The minimum absolute atomic E-state index is 0.107. The molecule has 2 amide bonds. The Hall–Kier alpha value is -3.29. The molecular weight excluding hydrogens is 362 g/mol. The molecule has 0 aliphatic rings. The van der Waals surface area contributed by atoms with Gasteiger partial charge in [0.05, 0.1) is 21.3 Å². The number of nitrogens with zero attached hydrogens (tertiary/aromatic N) is 1. The molecule has 8 heteroatoms. The first-order chi connectivity index (χ1) is 13.2. The van der Waals surface area contributed by atoms with Crippen LogP contribution in [0.4, 0.5) is 5.69 Å². The van der Waals surface area contributed by atoms with Gasteiger partial charge in [0.15, 0.2) is 11.5 Å². The van der Waals surface area contributed by atoms with Gasteiger partial charge in [-0.25, -0.2) is 4.98 Å². The molecule has 1 aromatic heterocycles. The van der Waals surface area contributed by atoms with Crippen LogP contribution >= 0.6 is 0 Å². The molecular formula is C20H25N3O5. The molecule has 8 nitrogen and oxygen atoms in total. The van der Waals surface area contributed by atoms with Crippen molar-refractivity contribution in [3.05, 3.63) is 41.7 Å². The number of anilines is 1. The first-order valence-electron chi connectivity index (χ1n) is 8.59. The number of carbonyl (C=O) groups excluding carboxylic acids is 2. The van der Waals surface area contributed by atoms with Gasteiger partial charge in [0, 0.05) is 23.4 Å². The van der Waals surface area contributed by atoms with E-state index in [9.17, 15) is 9.59 Å². The van der Waals surface area contributed by atoms with E-state index < -0.39 is 11.4 Å². The van der Waals surface area contributed by atoms with Crippen LogP contribution in [-0.2, 0) is 0 Å². The SMILES string of the molecule is COc1cc(NC(=O)c2cccc(C(=O)NC(C)(C)C)n2)cc(OC)c1OC. The summed E-state index contributed by atoms with van der Waals surface area (Å²) in [5.74, 6) is 0.406. The Labute approximate surface area is 164 Å². The fourth-order valence-electron chi connectivity index (χ4n) is 2.44. The number of amides is 2. The zero-order valence-corrected chi connectivity index (χ0v) is 16.9. The summed E-state index contributed by atoms with van der Waals surface area (Å²) in [6, 6.07) is 7.90. The summed E-state index contributed by atoms with van der Waals surface area (Å²) in [5, 5.41) is 5.54. The fraction of sp³-hybridized carbons (Fsp3) is 0.350. The van der Waals surface area contributed by atoms with Crippen LogP contribution in [0.1, 0.15) is 41.7 Å². The molecule has 28 heavy (non-hydrogen) atoms. The minimum Gasteiger partial charge on any atom is -0.493 e. The molecule has 2 N–H and O–H groups in total. The Bertz CT molecular complexity index is 849. The Morgan fingerprint density at radius 1 is 0.893 bits per heavy atom. The maximum Gasteiger partial charge on any atom is 0.274 e. The van der Waals surface area contributed by atoms with Crippen molar-refractivity contribution in [1.82, 2.24) is 10.3 Å². The maximum absolute atomic E-state index is 12.6. The van der Waals surface area contributed by atoms with Crippen LogP contribution in [-0.4, -0.2) is 43.7 Å². The van der Waals surface area contributed by atoms with Gasteiger partial charge in [-0.3, -0.25) is 9.59 Å². The Kier molecular flexibility index (Phi) is 6.45. The molecule has 0 bridgehead atoms. The molecule has 0 atom stereocenters. The van der Waals surface area contributed by atoms with Crippen molar-refractivity contribution >= 4 is 17.5 Å². The third-order valence-electron chi connectivity index (χ3n) is 3.63. The highest BCUT2D eigenvalue weighted by molar-refractivity contribution is 6.04. The quantitative estimate of drug-likeness (QED) is 0.791. The lowest BCUT2D eigenvalue weighted by Gasteiger charge is -2.20. The summed E-state index contributed by atoms with van der Waals surface area (Å²) in [6.45, 7) is 5.60. The number of methoxy groups -OCH3 is 3. The van der Waals surface area contributed by atoms with Gasteiger partial charge in [-0.2, -0.15) is 0 Å². The van der Waals surface area contributed by atoms with Gasteiger partial charge in [0.2, 0.25) is 5.75 Å². The fourth-order valence-corrected chi connectivity index (χ4v) is 2.44. The van der Waals surface area contributed by atoms with E-state index >= 15 is 0 Å². The first kappa shape index (κ1) is 21.0. The van der Waals surface area contributed by atoms with Crippen molar-refractivity contribution in [3.63, 3.8) is 0 Å². The van der Waals surface area contributed by atoms with E-state index in [1.807, 2.05) is 20.8 Å². The molecule has 0 saturated heterocycles. The number of pyridine rings is 1. The molecule has 2 rings (SSSR count). The van der Waals surface area contributed by atoms with Crippen molar-refractivity contribution in [1.29, 1.82) is 0 Å². The van der Waals surface area contributed by atoms with E-state index in [1.165, 1.54) is 27.4 Å². The Morgan fingerprint density at radius 2 is 1.43 bits per heavy atom. The highest BCUT2D eigenvalue weighted by Gasteiger charge is 2.19.